The van der Waals surface area contributed by atoms with Gasteiger partial charge in [-0.2, -0.15) is 22.7 Å². The molecule has 228 valence electrons. The summed E-state index contributed by atoms with van der Waals surface area (Å²) in [7, 11) is 3.86. The lowest BCUT2D eigenvalue weighted by atomic mass is 9.76. The van der Waals surface area contributed by atoms with Crippen molar-refractivity contribution in [1.29, 1.82) is 0 Å². The highest BCUT2D eigenvalue weighted by Gasteiger charge is 2.58. The summed E-state index contributed by atoms with van der Waals surface area (Å²) in [5, 5.41) is 21.5. The van der Waals surface area contributed by atoms with E-state index in [-0.39, 0.29) is 29.7 Å². The second kappa shape index (κ2) is 11.3. The first kappa shape index (κ1) is 30.1. The fraction of sp³-hybridized carbons (Fsp3) is 0.517. The second-order valence-electron chi connectivity index (χ2n) is 11.1. The van der Waals surface area contributed by atoms with Gasteiger partial charge in [-0.05, 0) is 55.5 Å². The number of hydrogen-bond acceptors (Lipinski definition) is 7. The van der Waals surface area contributed by atoms with Crippen molar-refractivity contribution in [3.63, 3.8) is 0 Å². The van der Waals surface area contributed by atoms with Gasteiger partial charge in [0.05, 0.1) is 30.8 Å². The first-order valence-corrected chi connectivity index (χ1v) is 13.8. The maximum atomic E-state index is 14.8. The van der Waals surface area contributed by atoms with E-state index in [4.69, 9.17) is 4.74 Å². The Balaban J connectivity index is 1.12. The highest BCUT2D eigenvalue weighted by molar-refractivity contribution is 5.92. The Labute approximate surface area is 240 Å². The van der Waals surface area contributed by atoms with Gasteiger partial charge < -0.3 is 25.2 Å². The summed E-state index contributed by atoms with van der Waals surface area (Å²) in [4.78, 5) is 14.9. The molecule has 3 N–H and O–H groups in total. The smallest absolute Gasteiger partial charge is 0.453 e. The Bertz CT molecular complexity index is 1420. The standard InChI is InChI=1S/C29H35F4N5O4/c1-37-24-9-6-19(28(30,42-3)29(31,32)33)14-23(24)26(36-37)34-15-25(39)35-20-16-38(17-20)21-10-12-27(40,13-11-21)18-4-7-22(41-2)8-5-18/h4-9,14,20-21,40H,10-13,15-17H2,1-3H3,(H,34,36)(H,35,39). The molecule has 5 rings (SSSR count). The molecule has 9 nitrogen and oxygen atoms in total. The molecule has 2 aromatic carbocycles. The molecule has 1 aliphatic heterocycles. The predicted molar refractivity (Wildman–Crippen MR) is 148 cm³/mol. The highest BCUT2D eigenvalue weighted by Crippen LogP contribution is 2.44. The molecule has 1 amide bonds. The molecule has 42 heavy (non-hydrogen) atoms. The topological polar surface area (TPSA) is 101 Å². The van der Waals surface area contributed by atoms with Gasteiger partial charge in [0.15, 0.2) is 5.82 Å². The molecule has 1 saturated carbocycles. The number of methoxy groups -OCH3 is 2. The van der Waals surface area contributed by atoms with Crippen LogP contribution in [0.3, 0.4) is 0 Å². The molecular formula is C29H35F4N5O4. The maximum absolute atomic E-state index is 14.8. The number of nitrogens with zero attached hydrogens (tertiary/aromatic N) is 3. The number of alkyl halides is 4. The van der Waals surface area contributed by atoms with Crippen molar-refractivity contribution >= 4 is 22.6 Å². The van der Waals surface area contributed by atoms with Crippen LogP contribution in [0.15, 0.2) is 42.5 Å². The lowest BCUT2D eigenvalue weighted by Crippen LogP contribution is -2.63. The molecule has 3 aromatic rings. The van der Waals surface area contributed by atoms with Crippen molar-refractivity contribution in [1.82, 2.24) is 20.0 Å². The largest absolute Gasteiger partial charge is 0.497 e. The van der Waals surface area contributed by atoms with Crippen molar-refractivity contribution < 1.29 is 36.9 Å². The van der Waals surface area contributed by atoms with E-state index in [0.29, 0.717) is 44.6 Å². The van der Waals surface area contributed by atoms with E-state index < -0.39 is 23.2 Å². The molecule has 1 aromatic heterocycles. The number of rotatable bonds is 9. The van der Waals surface area contributed by atoms with Gasteiger partial charge in [-0.1, -0.05) is 18.2 Å². The summed E-state index contributed by atoms with van der Waals surface area (Å²) < 4.78 is 65.7. The summed E-state index contributed by atoms with van der Waals surface area (Å²) in [6.07, 6.45) is -2.29. The van der Waals surface area contributed by atoms with Crippen LogP contribution in [0.1, 0.15) is 36.8 Å². The van der Waals surface area contributed by atoms with Crippen molar-refractivity contribution in [2.45, 2.75) is 55.4 Å². The van der Waals surface area contributed by atoms with Gasteiger partial charge in [0.25, 0.3) is 0 Å². The zero-order valence-electron chi connectivity index (χ0n) is 23.7. The van der Waals surface area contributed by atoms with Crippen LogP contribution in [-0.2, 0) is 28.0 Å². The molecule has 1 unspecified atom stereocenters. The number of amides is 1. The number of likely N-dealkylation sites (tertiary alicyclic amines) is 1. The molecule has 0 spiro atoms. The number of fused-ring (bicyclic) bond motifs is 1. The first-order valence-electron chi connectivity index (χ1n) is 13.8. The molecule has 13 heteroatoms. The molecule has 0 bridgehead atoms. The number of nitrogens with one attached hydrogen (secondary N) is 2. The van der Waals surface area contributed by atoms with E-state index in [1.807, 2.05) is 24.3 Å². The van der Waals surface area contributed by atoms with Crippen LogP contribution in [0.2, 0.25) is 0 Å². The zero-order chi connectivity index (χ0) is 30.3. The Morgan fingerprint density at radius 3 is 2.36 bits per heavy atom. The normalized spacial score (nSPS) is 23.3. The first-order chi connectivity index (χ1) is 19.9. The van der Waals surface area contributed by atoms with Crippen LogP contribution < -0.4 is 15.4 Å². The number of aryl methyl sites for hydroxylation is 1. The predicted octanol–water partition coefficient (Wildman–Crippen LogP) is 3.96. The Hall–Kier alpha value is -3.42. The number of ether oxygens (including phenoxy) is 2. The third kappa shape index (κ3) is 5.64. The Kier molecular flexibility index (Phi) is 8.12. The van der Waals surface area contributed by atoms with Gasteiger partial charge in [0.1, 0.15) is 5.75 Å². The minimum atomic E-state index is -5.28. The van der Waals surface area contributed by atoms with Crippen LogP contribution in [-0.4, -0.2) is 77.8 Å². The fourth-order valence-corrected chi connectivity index (χ4v) is 5.97. The highest BCUT2D eigenvalue weighted by atomic mass is 19.4. The molecule has 2 aliphatic rings. The number of aromatic nitrogens is 2. The molecule has 1 aliphatic carbocycles. The average molecular weight is 594 g/mol. The Morgan fingerprint density at radius 2 is 1.76 bits per heavy atom. The molecule has 1 saturated heterocycles. The van der Waals surface area contributed by atoms with Crippen molar-refractivity contribution in [3.8, 4) is 5.75 Å². The summed E-state index contributed by atoms with van der Waals surface area (Å²) >= 11 is 0. The molecule has 2 heterocycles. The van der Waals surface area contributed by atoms with Crippen molar-refractivity contribution in [3.05, 3.63) is 53.6 Å². The zero-order valence-corrected chi connectivity index (χ0v) is 23.7. The number of carbonyl (C=O) groups is 1. The van der Waals surface area contributed by atoms with Gasteiger partial charge >= 0.3 is 12.0 Å². The fourth-order valence-electron chi connectivity index (χ4n) is 5.97. The van der Waals surface area contributed by atoms with Crippen molar-refractivity contribution in [2.24, 2.45) is 7.05 Å². The summed E-state index contributed by atoms with van der Waals surface area (Å²) in [5.41, 5.74) is -0.220. The van der Waals surface area contributed by atoms with Crippen LogP contribution >= 0.6 is 0 Å². The summed E-state index contributed by atoms with van der Waals surface area (Å²) in [6, 6.07) is 11.2. The monoisotopic (exact) mass is 593 g/mol. The molecule has 2 fully saturated rings. The number of carbonyl (C=O) groups excluding carboxylic acids is 1. The minimum Gasteiger partial charge on any atom is -0.497 e. The van der Waals surface area contributed by atoms with E-state index in [0.717, 1.165) is 36.3 Å². The number of aliphatic hydroxyl groups is 1. The number of anilines is 1. The Morgan fingerprint density at radius 1 is 1.10 bits per heavy atom. The summed E-state index contributed by atoms with van der Waals surface area (Å²) in [5.74, 6) is -3.36. The number of benzene rings is 2. The number of halogens is 4. The van der Waals surface area contributed by atoms with E-state index in [2.05, 4.69) is 25.4 Å². The molecule has 1 atom stereocenters. The SMILES string of the molecule is COc1ccc(C2(O)CCC(N3CC(NC(=O)CNc4nn(C)c5ccc(C(F)(OC)C(F)(F)F)cc45)C3)CC2)cc1. The van der Waals surface area contributed by atoms with Gasteiger partial charge in [-0.25, -0.2) is 0 Å². The summed E-state index contributed by atoms with van der Waals surface area (Å²) in [6.45, 7) is 1.23. The van der Waals surface area contributed by atoms with Crippen LogP contribution in [0.5, 0.6) is 5.75 Å². The quantitative estimate of drug-likeness (QED) is 0.323. The molecule has 0 radical (unpaired) electrons. The maximum Gasteiger partial charge on any atom is 0.453 e. The van der Waals surface area contributed by atoms with E-state index in [9.17, 15) is 27.5 Å². The van der Waals surface area contributed by atoms with E-state index in [1.54, 1.807) is 14.2 Å². The lowest BCUT2D eigenvalue weighted by Gasteiger charge is -2.48. The lowest BCUT2D eigenvalue weighted by molar-refractivity contribution is -0.333. The van der Waals surface area contributed by atoms with Crippen molar-refractivity contribution in [2.75, 3.05) is 39.2 Å². The van der Waals surface area contributed by atoms with Gasteiger partial charge in [-0.3, -0.25) is 14.4 Å². The van der Waals surface area contributed by atoms with Crippen LogP contribution in [0.25, 0.3) is 10.9 Å². The van der Waals surface area contributed by atoms with Gasteiger partial charge in [-0.15, -0.1) is 0 Å². The number of hydrogen-bond donors (Lipinski definition) is 3. The minimum absolute atomic E-state index is 0.0329. The molecular weight excluding hydrogens is 558 g/mol. The third-order valence-corrected chi connectivity index (χ3v) is 8.48. The van der Waals surface area contributed by atoms with E-state index in [1.165, 1.54) is 10.7 Å². The van der Waals surface area contributed by atoms with Crippen LogP contribution in [0.4, 0.5) is 23.4 Å². The van der Waals surface area contributed by atoms with E-state index >= 15 is 0 Å². The third-order valence-electron chi connectivity index (χ3n) is 8.48. The van der Waals surface area contributed by atoms with Gasteiger partial charge in [0, 0.05) is 44.2 Å². The second-order valence-corrected chi connectivity index (χ2v) is 11.1. The average Bonchev–Trinajstić information content (AvgIpc) is 3.27. The van der Waals surface area contributed by atoms with Crippen LogP contribution in [0, 0.1) is 0 Å². The van der Waals surface area contributed by atoms with Gasteiger partial charge in [0.2, 0.25) is 5.91 Å².